The number of aromatic nitrogens is 2. The third-order valence-corrected chi connectivity index (χ3v) is 3.36. The van der Waals surface area contributed by atoms with Crippen molar-refractivity contribution >= 4 is 34.2 Å². The fraction of sp³-hybridized carbons (Fsp3) is 0.462. The van der Waals surface area contributed by atoms with Gasteiger partial charge in [-0.25, -0.2) is 18.2 Å². The van der Waals surface area contributed by atoms with E-state index in [-0.39, 0.29) is 18.2 Å². The van der Waals surface area contributed by atoms with Gasteiger partial charge in [-0.15, -0.1) is 11.6 Å². The molecule has 0 bridgehead atoms. The second kappa shape index (κ2) is 6.85. The number of benzene rings is 1. The Morgan fingerprint density at radius 3 is 2.71 bits per heavy atom. The smallest absolute Gasteiger partial charge is 0.261 e. The van der Waals surface area contributed by atoms with Crippen LogP contribution in [0.3, 0.4) is 0 Å². The Hall–Kier alpha value is -0.980. The molecule has 1 heterocycles. The van der Waals surface area contributed by atoms with E-state index >= 15 is 0 Å². The lowest BCUT2D eigenvalue weighted by molar-refractivity contribution is 0.0148. The minimum atomic E-state index is -2.51. The summed E-state index contributed by atoms with van der Waals surface area (Å²) in [4.78, 5) is 4.26. The number of fused-ring (bicyclic) bond motifs is 1. The molecule has 0 spiro atoms. The van der Waals surface area contributed by atoms with Crippen LogP contribution in [-0.2, 0) is 11.3 Å². The van der Waals surface area contributed by atoms with E-state index in [1.54, 1.807) is 11.5 Å². The van der Waals surface area contributed by atoms with Crippen molar-refractivity contribution in [2.24, 2.45) is 0 Å². The summed E-state index contributed by atoms with van der Waals surface area (Å²) < 4.78 is 44.1. The van der Waals surface area contributed by atoms with Gasteiger partial charge in [0.15, 0.2) is 0 Å². The van der Waals surface area contributed by atoms with Gasteiger partial charge >= 0.3 is 0 Å². The second-order valence-corrected chi connectivity index (χ2v) is 5.52. The average molecular weight is 341 g/mol. The van der Waals surface area contributed by atoms with Crippen LogP contribution < -0.4 is 0 Å². The van der Waals surface area contributed by atoms with Crippen molar-refractivity contribution in [2.45, 2.75) is 25.3 Å². The molecule has 0 saturated carbocycles. The van der Waals surface area contributed by atoms with Gasteiger partial charge in [0.25, 0.3) is 6.43 Å². The lowest BCUT2D eigenvalue weighted by Crippen LogP contribution is -2.13. The van der Waals surface area contributed by atoms with Crippen LogP contribution in [0.2, 0.25) is 5.02 Å². The van der Waals surface area contributed by atoms with E-state index in [1.807, 2.05) is 0 Å². The van der Waals surface area contributed by atoms with E-state index < -0.39 is 24.2 Å². The average Bonchev–Trinajstić information content (AvgIpc) is 2.73. The molecule has 3 nitrogen and oxygen atoms in total. The Kier molecular flexibility index (Phi) is 5.35. The van der Waals surface area contributed by atoms with Gasteiger partial charge in [0.1, 0.15) is 18.2 Å². The molecule has 1 atom stereocenters. The molecule has 21 heavy (non-hydrogen) atoms. The normalized spacial score (nSPS) is 13.3. The molecule has 0 aliphatic carbocycles. The number of hydrogen-bond acceptors (Lipinski definition) is 2. The highest BCUT2D eigenvalue weighted by atomic mass is 35.5. The lowest BCUT2D eigenvalue weighted by Gasteiger charge is -2.11. The number of imidazole rings is 1. The van der Waals surface area contributed by atoms with Gasteiger partial charge < -0.3 is 9.30 Å². The first kappa shape index (κ1) is 16.4. The quantitative estimate of drug-likeness (QED) is 0.575. The van der Waals surface area contributed by atoms with E-state index in [0.717, 1.165) is 0 Å². The highest BCUT2D eigenvalue weighted by Gasteiger charge is 2.17. The maximum absolute atomic E-state index is 13.5. The Morgan fingerprint density at radius 2 is 2.10 bits per heavy atom. The third kappa shape index (κ3) is 3.81. The molecule has 2 rings (SSSR count). The van der Waals surface area contributed by atoms with Crippen LogP contribution in [0.5, 0.6) is 0 Å². The van der Waals surface area contributed by atoms with Crippen LogP contribution in [-0.4, -0.2) is 29.2 Å². The maximum Gasteiger partial charge on any atom is 0.261 e. The standard InChI is InChI=1S/C13H13Cl2F3N2O/c1-7(14)13-19-10-5-9(16)8(15)4-11(10)20(13)2-3-21-6-12(17)18/h4-5,7,12H,2-3,6H2,1H3. The summed E-state index contributed by atoms with van der Waals surface area (Å²) in [5, 5.41) is -0.458. The van der Waals surface area contributed by atoms with Gasteiger partial charge in [-0.3, -0.25) is 0 Å². The van der Waals surface area contributed by atoms with E-state index in [0.29, 0.717) is 16.9 Å². The van der Waals surface area contributed by atoms with Crippen LogP contribution in [0, 0.1) is 5.82 Å². The predicted octanol–water partition coefficient (Wildman–Crippen LogP) is 4.41. The molecule has 0 aliphatic rings. The van der Waals surface area contributed by atoms with E-state index in [9.17, 15) is 13.2 Å². The zero-order chi connectivity index (χ0) is 15.6. The van der Waals surface area contributed by atoms with Crippen molar-refractivity contribution < 1.29 is 17.9 Å². The molecule has 0 fully saturated rings. The van der Waals surface area contributed by atoms with Crippen molar-refractivity contribution in [3.63, 3.8) is 0 Å². The van der Waals surface area contributed by atoms with Crippen molar-refractivity contribution in [3.8, 4) is 0 Å². The van der Waals surface area contributed by atoms with Crippen molar-refractivity contribution in [1.82, 2.24) is 9.55 Å². The summed E-state index contributed by atoms with van der Waals surface area (Å²) in [6.07, 6.45) is -2.51. The lowest BCUT2D eigenvalue weighted by atomic mass is 10.3. The summed E-state index contributed by atoms with van der Waals surface area (Å²) in [6.45, 7) is 1.43. The van der Waals surface area contributed by atoms with Crippen LogP contribution in [0.25, 0.3) is 11.0 Å². The third-order valence-electron chi connectivity index (χ3n) is 2.88. The zero-order valence-corrected chi connectivity index (χ0v) is 12.6. The molecule has 2 aromatic rings. The number of ether oxygens (including phenoxy) is 1. The second-order valence-electron chi connectivity index (χ2n) is 4.46. The first-order valence-corrected chi connectivity index (χ1v) is 7.06. The number of rotatable bonds is 6. The molecule has 8 heteroatoms. The Balaban J connectivity index is 2.30. The molecule has 0 N–H and O–H groups in total. The van der Waals surface area contributed by atoms with Gasteiger partial charge in [-0.2, -0.15) is 0 Å². The van der Waals surface area contributed by atoms with Crippen LogP contribution >= 0.6 is 23.2 Å². The molecule has 0 radical (unpaired) electrons. The number of hydrogen-bond donors (Lipinski definition) is 0. The predicted molar refractivity (Wildman–Crippen MR) is 75.8 cm³/mol. The number of alkyl halides is 3. The highest BCUT2D eigenvalue weighted by molar-refractivity contribution is 6.31. The molecular weight excluding hydrogens is 328 g/mol. The largest absolute Gasteiger partial charge is 0.374 e. The molecule has 1 aromatic heterocycles. The molecular formula is C13H13Cl2F3N2O. The number of nitrogens with zero attached hydrogens (tertiary/aromatic N) is 2. The topological polar surface area (TPSA) is 27.1 Å². The van der Waals surface area contributed by atoms with E-state index in [1.165, 1.54) is 12.1 Å². The monoisotopic (exact) mass is 340 g/mol. The summed E-state index contributed by atoms with van der Waals surface area (Å²) in [5.41, 5.74) is 0.998. The molecule has 1 unspecified atom stereocenters. The number of halogens is 5. The van der Waals surface area contributed by atoms with E-state index in [2.05, 4.69) is 4.98 Å². The minimum Gasteiger partial charge on any atom is -0.374 e. The van der Waals surface area contributed by atoms with Crippen LogP contribution in [0.15, 0.2) is 12.1 Å². The minimum absolute atomic E-state index is 0.0362. The molecule has 0 amide bonds. The summed E-state index contributed by atoms with van der Waals surface area (Å²) >= 11 is 11.8. The van der Waals surface area contributed by atoms with Gasteiger partial charge in [-0.05, 0) is 13.0 Å². The summed E-state index contributed by atoms with van der Waals surface area (Å²) in [5.74, 6) is -0.0643. The Labute approximate surface area is 129 Å². The maximum atomic E-state index is 13.5. The van der Waals surface area contributed by atoms with Crippen LogP contribution in [0.4, 0.5) is 13.2 Å². The fourth-order valence-electron chi connectivity index (χ4n) is 2.01. The molecule has 0 aliphatic heterocycles. The van der Waals surface area contributed by atoms with Gasteiger partial charge in [-0.1, -0.05) is 11.6 Å². The molecule has 0 saturated heterocycles. The molecule has 116 valence electrons. The van der Waals surface area contributed by atoms with E-state index in [4.69, 9.17) is 27.9 Å². The van der Waals surface area contributed by atoms with Crippen LogP contribution in [0.1, 0.15) is 18.1 Å². The summed E-state index contributed by atoms with van der Waals surface area (Å²) in [6, 6.07) is 2.66. The summed E-state index contributed by atoms with van der Waals surface area (Å²) in [7, 11) is 0. The van der Waals surface area contributed by atoms with Gasteiger partial charge in [0.2, 0.25) is 0 Å². The first-order valence-electron chi connectivity index (χ1n) is 6.25. The zero-order valence-electron chi connectivity index (χ0n) is 11.1. The highest BCUT2D eigenvalue weighted by Crippen LogP contribution is 2.28. The SMILES string of the molecule is CC(Cl)c1nc2cc(F)c(Cl)cc2n1CCOCC(F)F. The van der Waals surface area contributed by atoms with Crippen molar-refractivity contribution in [3.05, 3.63) is 28.8 Å². The van der Waals surface area contributed by atoms with Crippen molar-refractivity contribution in [2.75, 3.05) is 13.2 Å². The van der Waals surface area contributed by atoms with Gasteiger partial charge in [0, 0.05) is 12.6 Å². The molecule has 1 aromatic carbocycles. The fourth-order valence-corrected chi connectivity index (χ4v) is 2.33. The Bertz CT molecular complexity index is 631. The Morgan fingerprint density at radius 1 is 1.38 bits per heavy atom. The first-order chi connectivity index (χ1) is 9.90. The van der Waals surface area contributed by atoms with Crippen molar-refractivity contribution in [1.29, 1.82) is 0 Å². The van der Waals surface area contributed by atoms with Gasteiger partial charge in [0.05, 0.1) is 28.0 Å².